The van der Waals surface area contributed by atoms with E-state index in [1.54, 1.807) is 23.0 Å². The first-order valence-electron chi connectivity index (χ1n) is 11.2. The summed E-state index contributed by atoms with van der Waals surface area (Å²) in [5.74, 6) is -0.795. The van der Waals surface area contributed by atoms with Gasteiger partial charge in [-0.3, -0.25) is 0 Å². The van der Waals surface area contributed by atoms with Crippen LogP contribution in [-0.2, 0) is 16.6 Å². The molecule has 4 nitrogen and oxygen atoms in total. The van der Waals surface area contributed by atoms with Crippen LogP contribution >= 0.6 is 0 Å². The zero-order valence-corrected chi connectivity index (χ0v) is 17.9. The highest BCUT2D eigenvalue weighted by molar-refractivity contribution is 5.83. The van der Waals surface area contributed by atoms with Gasteiger partial charge in [0.2, 0.25) is 0 Å². The Labute approximate surface area is 188 Å². The number of alkyl halides is 3. The average molecular weight is 460 g/mol. The number of aldehydes is 1. The number of rotatable bonds is 3. The predicted molar refractivity (Wildman–Crippen MR) is 115 cm³/mol. The molecule has 2 aromatic carbocycles. The quantitative estimate of drug-likeness (QED) is 0.419. The summed E-state index contributed by atoms with van der Waals surface area (Å²) in [6.45, 7) is 0. The van der Waals surface area contributed by atoms with Gasteiger partial charge in [0.05, 0.1) is 17.4 Å². The van der Waals surface area contributed by atoms with Crippen molar-refractivity contribution in [1.82, 2.24) is 9.78 Å². The van der Waals surface area contributed by atoms with Gasteiger partial charge in [-0.15, -0.1) is 0 Å². The number of aliphatic hydroxyl groups is 1. The van der Waals surface area contributed by atoms with Gasteiger partial charge in [-0.2, -0.15) is 18.3 Å². The molecular weight excluding hydrogens is 436 g/mol. The normalized spacial score (nSPS) is 27.6. The summed E-state index contributed by atoms with van der Waals surface area (Å²) in [7, 11) is 0. The number of halogens is 4. The van der Waals surface area contributed by atoms with Crippen molar-refractivity contribution in [1.29, 1.82) is 0 Å². The van der Waals surface area contributed by atoms with Gasteiger partial charge in [0.1, 0.15) is 12.1 Å². The molecule has 3 atom stereocenters. The number of nitrogens with zero attached hydrogens (tertiary/aromatic N) is 2. The number of carbonyl (C=O) groups excluding carboxylic acids is 1. The molecule has 5 rings (SSSR count). The van der Waals surface area contributed by atoms with Gasteiger partial charge in [0.25, 0.3) is 0 Å². The Morgan fingerprint density at radius 3 is 2.64 bits per heavy atom. The lowest BCUT2D eigenvalue weighted by Crippen LogP contribution is -2.55. The summed E-state index contributed by atoms with van der Waals surface area (Å²) in [6, 6.07) is 9.95. The molecule has 0 spiro atoms. The van der Waals surface area contributed by atoms with Gasteiger partial charge in [0.15, 0.2) is 5.60 Å². The van der Waals surface area contributed by atoms with Crippen LogP contribution in [0.2, 0.25) is 0 Å². The van der Waals surface area contributed by atoms with E-state index in [2.05, 4.69) is 5.10 Å². The summed E-state index contributed by atoms with van der Waals surface area (Å²) in [4.78, 5) is 11.8. The van der Waals surface area contributed by atoms with Crippen LogP contribution in [0, 0.1) is 11.7 Å². The molecule has 0 bridgehead atoms. The fraction of sp³-hybridized carbons (Fsp3) is 0.440. The van der Waals surface area contributed by atoms with Crippen molar-refractivity contribution >= 4 is 17.2 Å². The highest BCUT2D eigenvalue weighted by Crippen LogP contribution is 2.56. The Bertz CT molecular complexity index is 1200. The molecule has 0 aliphatic heterocycles. The minimum Gasteiger partial charge on any atom is -0.380 e. The second-order valence-corrected chi connectivity index (χ2v) is 9.45. The molecule has 0 saturated heterocycles. The molecule has 1 N–H and O–H groups in total. The molecular formula is C25H24F4N2O2. The summed E-state index contributed by atoms with van der Waals surface area (Å²) in [6.07, 6.45) is -0.966. The third-order valence-corrected chi connectivity index (χ3v) is 7.72. The first-order chi connectivity index (χ1) is 15.7. The van der Waals surface area contributed by atoms with Crippen LogP contribution in [0.15, 0.2) is 42.6 Å². The fourth-order valence-corrected chi connectivity index (χ4v) is 5.97. The van der Waals surface area contributed by atoms with Crippen molar-refractivity contribution in [3.8, 4) is 5.69 Å². The van der Waals surface area contributed by atoms with Gasteiger partial charge in [0, 0.05) is 17.2 Å². The maximum absolute atomic E-state index is 13.6. The first-order valence-corrected chi connectivity index (χ1v) is 11.2. The van der Waals surface area contributed by atoms with Crippen molar-refractivity contribution < 1.29 is 27.5 Å². The van der Waals surface area contributed by atoms with E-state index in [1.807, 2.05) is 12.1 Å². The van der Waals surface area contributed by atoms with Crippen molar-refractivity contribution in [2.75, 3.05) is 0 Å². The van der Waals surface area contributed by atoms with Crippen LogP contribution in [0.5, 0.6) is 0 Å². The lowest BCUT2D eigenvalue weighted by Gasteiger charge is -2.50. The highest BCUT2D eigenvalue weighted by atomic mass is 19.4. The number of benzene rings is 2. The van der Waals surface area contributed by atoms with E-state index in [0.29, 0.717) is 24.9 Å². The highest BCUT2D eigenvalue weighted by Gasteiger charge is 2.60. The Hall–Kier alpha value is -2.74. The molecule has 0 radical (unpaired) electrons. The monoisotopic (exact) mass is 460 g/mol. The Balaban J connectivity index is 1.63. The molecule has 0 unspecified atom stereocenters. The van der Waals surface area contributed by atoms with Gasteiger partial charge in [-0.1, -0.05) is 0 Å². The largest absolute Gasteiger partial charge is 0.417 e. The topological polar surface area (TPSA) is 55.1 Å². The number of carbonyl (C=O) groups is 1. The first kappa shape index (κ1) is 22.1. The van der Waals surface area contributed by atoms with Crippen molar-refractivity contribution in [3.05, 3.63) is 59.5 Å². The third-order valence-electron chi connectivity index (χ3n) is 7.72. The minimum absolute atomic E-state index is 0.0943. The molecule has 174 valence electrons. The van der Waals surface area contributed by atoms with E-state index in [1.165, 1.54) is 12.1 Å². The van der Waals surface area contributed by atoms with E-state index in [-0.39, 0.29) is 18.7 Å². The zero-order valence-electron chi connectivity index (χ0n) is 17.9. The Morgan fingerprint density at radius 2 is 1.94 bits per heavy atom. The Morgan fingerprint density at radius 1 is 1.18 bits per heavy atom. The number of aryl methyl sites for hydroxylation is 1. The lowest BCUT2D eigenvalue weighted by atomic mass is 9.56. The second-order valence-electron chi connectivity index (χ2n) is 9.45. The van der Waals surface area contributed by atoms with Crippen LogP contribution in [0.1, 0.15) is 49.7 Å². The van der Waals surface area contributed by atoms with Crippen molar-refractivity contribution in [2.45, 2.75) is 62.1 Å². The van der Waals surface area contributed by atoms with E-state index >= 15 is 0 Å². The predicted octanol–water partition coefficient (Wildman–Crippen LogP) is 5.42. The molecule has 1 aromatic heterocycles. The molecule has 3 aromatic rings. The van der Waals surface area contributed by atoms with Crippen LogP contribution in [-0.4, -0.2) is 33.0 Å². The maximum atomic E-state index is 13.6. The van der Waals surface area contributed by atoms with Crippen molar-refractivity contribution in [3.63, 3.8) is 0 Å². The molecule has 33 heavy (non-hydrogen) atoms. The third kappa shape index (κ3) is 3.46. The summed E-state index contributed by atoms with van der Waals surface area (Å²) in [5.41, 5.74) is -0.0414. The standard InChI is InChI=1S/C25H24F4N2O2/c26-19-4-6-20(7-5-19)31-22-13-16-2-1-3-18-14-24(33,25(27,28)29)9-8-23(18,10-11-32)21(16)12-17(22)15-30-31/h4-7,11-13,15,18,33H,1-3,8-10,14H2/t18-,23+,24-/m0/s1. The molecule has 1 saturated carbocycles. The van der Waals surface area contributed by atoms with Crippen LogP contribution in [0.4, 0.5) is 17.6 Å². The summed E-state index contributed by atoms with van der Waals surface area (Å²) < 4.78 is 56.0. The number of hydrogen-bond acceptors (Lipinski definition) is 3. The lowest BCUT2D eigenvalue weighted by molar-refractivity contribution is -0.279. The minimum atomic E-state index is -4.70. The number of aromatic nitrogens is 2. The van der Waals surface area contributed by atoms with Gasteiger partial charge >= 0.3 is 6.18 Å². The fourth-order valence-electron chi connectivity index (χ4n) is 5.97. The maximum Gasteiger partial charge on any atom is 0.417 e. The molecule has 0 amide bonds. The van der Waals surface area contributed by atoms with Crippen LogP contribution in [0.3, 0.4) is 0 Å². The van der Waals surface area contributed by atoms with E-state index in [0.717, 1.165) is 28.3 Å². The van der Waals surface area contributed by atoms with Gasteiger partial charge in [-0.05, 0) is 92.0 Å². The van der Waals surface area contributed by atoms with E-state index in [4.69, 9.17) is 0 Å². The smallest absolute Gasteiger partial charge is 0.380 e. The number of hydrogen-bond donors (Lipinski definition) is 1. The zero-order chi connectivity index (χ0) is 23.4. The molecule has 8 heteroatoms. The molecule has 1 fully saturated rings. The van der Waals surface area contributed by atoms with Crippen LogP contribution in [0.25, 0.3) is 16.6 Å². The molecule has 1 heterocycles. The van der Waals surface area contributed by atoms with Crippen molar-refractivity contribution in [2.24, 2.45) is 5.92 Å². The average Bonchev–Trinajstić information content (AvgIpc) is 3.11. The molecule has 2 aliphatic carbocycles. The molecule has 2 aliphatic rings. The Kier molecular flexibility index (Phi) is 5.12. The summed E-state index contributed by atoms with van der Waals surface area (Å²) in [5, 5.41) is 15.7. The second kappa shape index (κ2) is 7.65. The summed E-state index contributed by atoms with van der Waals surface area (Å²) >= 11 is 0. The van der Waals surface area contributed by atoms with E-state index in [9.17, 15) is 27.5 Å². The van der Waals surface area contributed by atoms with Gasteiger partial charge < -0.3 is 9.90 Å². The van der Waals surface area contributed by atoms with Gasteiger partial charge in [-0.25, -0.2) is 9.07 Å². The SMILES string of the molecule is O=CC[C@]12CC[C@@](O)(C(F)(F)F)C[C@@H]1CCCc1cc3c(cnn3-c3ccc(F)cc3)cc12. The number of fused-ring (bicyclic) bond motifs is 4. The van der Waals surface area contributed by atoms with Crippen LogP contribution < -0.4 is 0 Å². The van der Waals surface area contributed by atoms with E-state index < -0.39 is 36.0 Å².